The molecular weight excluding hydrogens is 357 g/mol. The Morgan fingerprint density at radius 2 is 2.04 bits per heavy atom. The first-order chi connectivity index (χ1) is 13.5. The fraction of sp³-hybridized carbons (Fsp3) is 0.364. The van der Waals surface area contributed by atoms with Crippen LogP contribution in [0.3, 0.4) is 0 Å². The second-order valence-corrected chi connectivity index (χ2v) is 7.02. The Morgan fingerprint density at radius 3 is 2.61 bits per heavy atom. The third-order valence-electron chi connectivity index (χ3n) is 4.95. The van der Waals surface area contributed by atoms with Gasteiger partial charge >= 0.3 is 0 Å². The first kappa shape index (κ1) is 20.0. The summed E-state index contributed by atoms with van der Waals surface area (Å²) in [6.45, 7) is 5.85. The van der Waals surface area contributed by atoms with Crippen molar-refractivity contribution in [3.8, 4) is 6.07 Å². The lowest BCUT2D eigenvalue weighted by Gasteiger charge is -2.42. The lowest BCUT2D eigenvalue weighted by molar-refractivity contribution is -0.223. The van der Waals surface area contributed by atoms with E-state index in [0.717, 1.165) is 23.2 Å². The summed E-state index contributed by atoms with van der Waals surface area (Å²) in [6.07, 6.45) is 1.63. The number of nitriles is 1. The van der Waals surface area contributed by atoms with Gasteiger partial charge in [-0.15, -0.1) is 0 Å². The van der Waals surface area contributed by atoms with Crippen LogP contribution in [-0.2, 0) is 21.7 Å². The molecule has 0 atom stereocenters. The van der Waals surface area contributed by atoms with Crippen LogP contribution in [0.15, 0.2) is 41.4 Å². The lowest BCUT2D eigenvalue weighted by Crippen LogP contribution is -2.49. The summed E-state index contributed by atoms with van der Waals surface area (Å²) in [5, 5.41) is 8.90. The van der Waals surface area contributed by atoms with E-state index in [2.05, 4.69) is 11.1 Å². The van der Waals surface area contributed by atoms with Gasteiger partial charge < -0.3 is 14.4 Å². The number of aryl methyl sites for hydroxylation is 1. The van der Waals surface area contributed by atoms with Crippen LogP contribution in [-0.4, -0.2) is 38.0 Å². The molecule has 1 aliphatic heterocycles. The molecule has 6 heteroatoms. The van der Waals surface area contributed by atoms with Gasteiger partial charge in [-0.2, -0.15) is 5.26 Å². The van der Waals surface area contributed by atoms with E-state index in [9.17, 15) is 4.39 Å². The summed E-state index contributed by atoms with van der Waals surface area (Å²) < 4.78 is 26.3. The van der Waals surface area contributed by atoms with E-state index in [4.69, 9.17) is 14.7 Å². The van der Waals surface area contributed by atoms with Crippen molar-refractivity contribution in [1.82, 2.24) is 4.90 Å². The highest BCUT2D eigenvalue weighted by atomic mass is 19.1. The molecule has 1 fully saturated rings. The molecule has 0 N–H and O–H groups in total. The van der Waals surface area contributed by atoms with Gasteiger partial charge in [-0.05, 0) is 54.8 Å². The van der Waals surface area contributed by atoms with E-state index in [0.29, 0.717) is 31.1 Å². The monoisotopic (exact) mass is 381 g/mol. The predicted octanol–water partition coefficient (Wildman–Crippen LogP) is 4.06. The van der Waals surface area contributed by atoms with Crippen LogP contribution >= 0.6 is 0 Å². The number of nitrogens with zero attached hydrogens (tertiary/aromatic N) is 3. The summed E-state index contributed by atoms with van der Waals surface area (Å²) in [4.78, 5) is 6.12. The van der Waals surface area contributed by atoms with E-state index in [1.165, 1.54) is 6.07 Å². The second kappa shape index (κ2) is 8.51. The smallest absolute Gasteiger partial charge is 0.149 e. The normalized spacial score (nSPS) is 15.2. The van der Waals surface area contributed by atoms with E-state index >= 15 is 0 Å². The van der Waals surface area contributed by atoms with Crippen LogP contribution in [0.5, 0.6) is 0 Å². The highest BCUT2D eigenvalue weighted by molar-refractivity contribution is 5.62. The Hall–Kier alpha value is -2.75. The molecule has 0 unspecified atom stereocenters. The second-order valence-electron chi connectivity index (χ2n) is 7.02. The third-order valence-corrected chi connectivity index (χ3v) is 4.95. The molecular formula is C22H24FN3O2. The fourth-order valence-electron chi connectivity index (χ4n) is 3.00. The largest absolute Gasteiger partial charge is 0.375 e. The molecule has 5 nitrogen and oxygen atoms in total. The van der Waals surface area contributed by atoms with Gasteiger partial charge in [0.1, 0.15) is 17.1 Å². The van der Waals surface area contributed by atoms with E-state index in [1.807, 2.05) is 37.9 Å². The minimum Gasteiger partial charge on any atom is -0.375 e. The van der Waals surface area contributed by atoms with Crippen molar-refractivity contribution >= 4 is 12.0 Å². The minimum absolute atomic E-state index is 0.309. The van der Waals surface area contributed by atoms with Crippen molar-refractivity contribution in [3.63, 3.8) is 0 Å². The number of ether oxygens (including phenoxy) is 2. The number of halogens is 1. The molecule has 28 heavy (non-hydrogen) atoms. The number of hydrogen-bond donors (Lipinski definition) is 0. The molecule has 0 bridgehead atoms. The number of rotatable bonds is 7. The van der Waals surface area contributed by atoms with Gasteiger partial charge in [-0.3, -0.25) is 0 Å². The molecule has 1 heterocycles. The van der Waals surface area contributed by atoms with Gasteiger partial charge in [0.15, 0.2) is 0 Å². The van der Waals surface area contributed by atoms with Crippen LogP contribution in [0.25, 0.3) is 0 Å². The molecule has 0 radical (unpaired) electrons. The van der Waals surface area contributed by atoms with Crippen LogP contribution < -0.4 is 0 Å². The molecule has 0 saturated carbocycles. The standard InChI is InChI=1S/C22H24FN3O2/c1-4-26(3)15-25-21-9-16(2)19(10-20(21)23)22(13-27-14-22)28-12-18-7-5-17(11-24)6-8-18/h5-10,15H,4,12-14H2,1-3H3. The first-order valence-corrected chi connectivity index (χ1v) is 9.23. The molecule has 1 saturated heterocycles. The van der Waals surface area contributed by atoms with Crippen molar-refractivity contribution in [1.29, 1.82) is 5.26 Å². The molecule has 1 aliphatic rings. The molecule has 2 aromatic carbocycles. The van der Waals surface area contributed by atoms with Gasteiger partial charge in [0.05, 0.1) is 37.8 Å². The predicted molar refractivity (Wildman–Crippen MR) is 106 cm³/mol. The Labute approximate surface area is 165 Å². The summed E-state index contributed by atoms with van der Waals surface area (Å²) in [6, 6.07) is 12.6. The zero-order chi connectivity index (χ0) is 20.1. The van der Waals surface area contributed by atoms with Crippen LogP contribution in [0, 0.1) is 24.1 Å². The van der Waals surface area contributed by atoms with Crippen LogP contribution in [0.4, 0.5) is 10.1 Å². The summed E-state index contributed by atoms with van der Waals surface area (Å²) in [5.41, 5.74) is 2.90. The molecule has 2 aromatic rings. The number of aliphatic imine (C=N–C) groups is 1. The van der Waals surface area contributed by atoms with E-state index < -0.39 is 5.60 Å². The highest BCUT2D eigenvalue weighted by Gasteiger charge is 2.43. The lowest BCUT2D eigenvalue weighted by atomic mass is 9.87. The average Bonchev–Trinajstić information content (AvgIpc) is 2.68. The number of benzene rings is 2. The zero-order valence-electron chi connectivity index (χ0n) is 16.4. The quantitative estimate of drug-likeness (QED) is 0.536. The van der Waals surface area contributed by atoms with Crippen molar-refractivity contribution < 1.29 is 13.9 Å². The van der Waals surface area contributed by atoms with Crippen molar-refractivity contribution in [3.05, 3.63) is 64.5 Å². The van der Waals surface area contributed by atoms with Crippen LogP contribution in [0.1, 0.15) is 29.2 Å². The summed E-state index contributed by atoms with van der Waals surface area (Å²) >= 11 is 0. The maximum Gasteiger partial charge on any atom is 0.149 e. The van der Waals surface area contributed by atoms with Gasteiger partial charge in [0.25, 0.3) is 0 Å². The van der Waals surface area contributed by atoms with Gasteiger partial charge in [-0.1, -0.05) is 12.1 Å². The van der Waals surface area contributed by atoms with E-state index in [1.54, 1.807) is 24.5 Å². The summed E-state index contributed by atoms with van der Waals surface area (Å²) in [5.74, 6) is -0.380. The van der Waals surface area contributed by atoms with Crippen molar-refractivity contribution in [2.24, 2.45) is 4.99 Å². The maximum atomic E-state index is 14.7. The van der Waals surface area contributed by atoms with Crippen molar-refractivity contribution in [2.45, 2.75) is 26.1 Å². The third kappa shape index (κ3) is 4.22. The summed E-state index contributed by atoms with van der Waals surface area (Å²) in [7, 11) is 1.89. The Bertz CT molecular complexity index is 899. The molecule has 146 valence electrons. The van der Waals surface area contributed by atoms with Crippen molar-refractivity contribution in [2.75, 3.05) is 26.8 Å². The molecule has 0 amide bonds. The first-order valence-electron chi connectivity index (χ1n) is 9.23. The Kier molecular flexibility index (Phi) is 6.08. The Balaban J connectivity index is 1.80. The fourth-order valence-corrected chi connectivity index (χ4v) is 3.00. The van der Waals surface area contributed by atoms with E-state index in [-0.39, 0.29) is 5.82 Å². The van der Waals surface area contributed by atoms with Crippen LogP contribution in [0.2, 0.25) is 0 Å². The average molecular weight is 381 g/mol. The molecule has 0 spiro atoms. The maximum absolute atomic E-state index is 14.7. The van der Waals surface area contributed by atoms with Gasteiger partial charge in [0.2, 0.25) is 0 Å². The Morgan fingerprint density at radius 1 is 1.32 bits per heavy atom. The molecule has 3 rings (SSSR count). The minimum atomic E-state index is -0.665. The SMILES string of the molecule is CCN(C)C=Nc1cc(C)c(C2(OCc3ccc(C#N)cc3)COC2)cc1F. The van der Waals surface area contributed by atoms with Gasteiger partial charge in [-0.25, -0.2) is 9.38 Å². The zero-order valence-corrected chi connectivity index (χ0v) is 16.4. The highest BCUT2D eigenvalue weighted by Crippen LogP contribution is 2.38. The molecule has 0 aromatic heterocycles. The van der Waals surface area contributed by atoms with Gasteiger partial charge in [0, 0.05) is 13.6 Å². The number of hydrogen-bond acceptors (Lipinski definition) is 4. The molecule has 0 aliphatic carbocycles. The topological polar surface area (TPSA) is 57.8 Å².